The lowest BCUT2D eigenvalue weighted by atomic mass is 10.0. The Morgan fingerprint density at radius 1 is 1.35 bits per heavy atom. The fraction of sp³-hybridized carbons (Fsp3) is 0.643. The summed E-state index contributed by atoms with van der Waals surface area (Å²) in [5.41, 5.74) is 0.713. The molecule has 2 fully saturated rings. The summed E-state index contributed by atoms with van der Waals surface area (Å²) in [6, 6.07) is 0. The topological polar surface area (TPSA) is 67.4 Å². The Kier molecular flexibility index (Phi) is 4.11. The number of ether oxygens (including phenoxy) is 1. The van der Waals surface area contributed by atoms with E-state index in [1.54, 1.807) is 6.20 Å². The van der Waals surface area contributed by atoms with Gasteiger partial charge in [0.25, 0.3) is 0 Å². The van der Waals surface area contributed by atoms with Gasteiger partial charge in [-0.2, -0.15) is 0 Å². The Balaban J connectivity index is 1.71. The molecule has 2 saturated heterocycles. The van der Waals surface area contributed by atoms with E-state index in [4.69, 9.17) is 4.74 Å². The number of amides is 1. The van der Waals surface area contributed by atoms with Gasteiger partial charge < -0.3 is 15.0 Å². The minimum atomic E-state index is -0.0598. The second kappa shape index (κ2) is 6.17. The zero-order chi connectivity index (χ0) is 13.8. The molecule has 108 valence electrons. The molecule has 3 heterocycles. The highest BCUT2D eigenvalue weighted by Crippen LogP contribution is 2.26. The van der Waals surface area contributed by atoms with E-state index in [1.165, 1.54) is 19.2 Å². The van der Waals surface area contributed by atoms with Crippen molar-refractivity contribution in [3.8, 4) is 0 Å². The second-order valence-electron chi connectivity index (χ2n) is 5.36. The number of aromatic nitrogens is 2. The molecule has 2 aliphatic rings. The van der Waals surface area contributed by atoms with Crippen LogP contribution in [0.3, 0.4) is 0 Å². The normalized spacial score (nSPS) is 22.8. The van der Waals surface area contributed by atoms with Crippen LogP contribution in [0.15, 0.2) is 12.5 Å². The van der Waals surface area contributed by atoms with E-state index < -0.39 is 0 Å². The van der Waals surface area contributed by atoms with Crippen molar-refractivity contribution < 1.29 is 9.53 Å². The molecule has 1 N–H and O–H groups in total. The first-order chi connectivity index (χ1) is 9.84. The molecule has 0 radical (unpaired) electrons. The van der Waals surface area contributed by atoms with Crippen molar-refractivity contribution in [1.82, 2.24) is 9.97 Å². The zero-order valence-electron chi connectivity index (χ0n) is 11.5. The maximum absolute atomic E-state index is 12.3. The van der Waals surface area contributed by atoms with Crippen LogP contribution >= 0.6 is 0 Å². The molecular weight excluding hydrogens is 256 g/mol. The van der Waals surface area contributed by atoms with Crippen molar-refractivity contribution in [3.63, 3.8) is 0 Å². The molecule has 1 atom stereocenters. The van der Waals surface area contributed by atoms with Crippen molar-refractivity contribution in [2.24, 2.45) is 5.92 Å². The summed E-state index contributed by atoms with van der Waals surface area (Å²) >= 11 is 0. The predicted molar refractivity (Wildman–Crippen MR) is 75.7 cm³/mol. The monoisotopic (exact) mass is 276 g/mol. The second-order valence-corrected chi connectivity index (χ2v) is 5.36. The van der Waals surface area contributed by atoms with E-state index >= 15 is 0 Å². The molecule has 0 aromatic carbocycles. The summed E-state index contributed by atoms with van der Waals surface area (Å²) in [7, 11) is 0. The number of rotatable bonds is 3. The van der Waals surface area contributed by atoms with E-state index in [1.807, 2.05) is 0 Å². The number of hydrogen-bond donors (Lipinski definition) is 1. The van der Waals surface area contributed by atoms with Crippen molar-refractivity contribution in [3.05, 3.63) is 12.5 Å². The van der Waals surface area contributed by atoms with E-state index in [0.29, 0.717) is 12.3 Å². The van der Waals surface area contributed by atoms with Crippen molar-refractivity contribution in [2.45, 2.75) is 25.7 Å². The number of anilines is 2. The maximum atomic E-state index is 12.3. The Morgan fingerprint density at radius 3 is 2.95 bits per heavy atom. The van der Waals surface area contributed by atoms with Gasteiger partial charge in [0.15, 0.2) is 5.82 Å². The lowest BCUT2D eigenvalue weighted by Gasteiger charge is -2.23. The third kappa shape index (κ3) is 2.90. The molecule has 6 nitrogen and oxygen atoms in total. The maximum Gasteiger partial charge on any atom is 0.229 e. The van der Waals surface area contributed by atoms with Crippen LogP contribution in [0.25, 0.3) is 0 Å². The third-order valence-corrected chi connectivity index (χ3v) is 3.89. The third-order valence-electron chi connectivity index (χ3n) is 3.89. The largest absolute Gasteiger partial charge is 0.381 e. The smallest absolute Gasteiger partial charge is 0.229 e. The Morgan fingerprint density at radius 2 is 2.20 bits per heavy atom. The number of carbonyl (C=O) groups excluding carboxylic acids is 1. The van der Waals surface area contributed by atoms with Gasteiger partial charge >= 0.3 is 0 Å². The van der Waals surface area contributed by atoms with E-state index in [0.717, 1.165) is 38.4 Å². The van der Waals surface area contributed by atoms with Crippen LogP contribution in [-0.2, 0) is 9.53 Å². The van der Waals surface area contributed by atoms with Crippen molar-refractivity contribution in [2.75, 3.05) is 36.5 Å². The van der Waals surface area contributed by atoms with Crippen LogP contribution in [0.1, 0.15) is 25.7 Å². The first kappa shape index (κ1) is 13.3. The first-order valence-electron chi connectivity index (χ1n) is 7.28. The Bertz CT molecular complexity index is 468. The molecule has 1 amide bonds. The molecule has 0 aliphatic carbocycles. The standard InChI is InChI=1S/C14H20N4O2/c19-14(11-4-3-7-20-9-11)17-12-8-15-10-16-13(12)18-5-1-2-6-18/h8,10-11H,1-7,9H2,(H,17,19). The molecule has 2 aliphatic heterocycles. The van der Waals surface area contributed by atoms with Gasteiger partial charge in [0.2, 0.25) is 5.91 Å². The van der Waals surface area contributed by atoms with Gasteiger partial charge in [0.05, 0.1) is 18.7 Å². The highest BCUT2D eigenvalue weighted by Gasteiger charge is 2.24. The van der Waals surface area contributed by atoms with Crippen LogP contribution < -0.4 is 10.2 Å². The number of nitrogens with zero attached hydrogens (tertiary/aromatic N) is 3. The van der Waals surface area contributed by atoms with Gasteiger partial charge in [-0.15, -0.1) is 0 Å². The first-order valence-corrected chi connectivity index (χ1v) is 7.28. The fourth-order valence-electron chi connectivity index (χ4n) is 2.77. The number of nitrogens with one attached hydrogen (secondary N) is 1. The summed E-state index contributed by atoms with van der Waals surface area (Å²) in [5.74, 6) is 0.790. The average molecular weight is 276 g/mol. The van der Waals surface area contributed by atoms with Crippen LogP contribution in [-0.4, -0.2) is 42.2 Å². The average Bonchev–Trinajstić information content (AvgIpc) is 3.03. The van der Waals surface area contributed by atoms with E-state index in [2.05, 4.69) is 20.2 Å². The highest BCUT2D eigenvalue weighted by molar-refractivity contribution is 5.95. The zero-order valence-corrected chi connectivity index (χ0v) is 11.5. The van der Waals surface area contributed by atoms with Gasteiger partial charge in [0, 0.05) is 19.7 Å². The van der Waals surface area contributed by atoms with Gasteiger partial charge in [-0.1, -0.05) is 0 Å². The van der Waals surface area contributed by atoms with Crippen LogP contribution in [0.5, 0.6) is 0 Å². The molecule has 20 heavy (non-hydrogen) atoms. The van der Waals surface area contributed by atoms with Crippen LogP contribution in [0, 0.1) is 5.92 Å². The van der Waals surface area contributed by atoms with Crippen LogP contribution in [0.2, 0.25) is 0 Å². The molecule has 1 aromatic heterocycles. The molecule has 0 bridgehead atoms. The van der Waals surface area contributed by atoms with E-state index in [-0.39, 0.29) is 11.8 Å². The van der Waals surface area contributed by atoms with Crippen molar-refractivity contribution >= 4 is 17.4 Å². The molecule has 6 heteroatoms. The quantitative estimate of drug-likeness (QED) is 0.905. The summed E-state index contributed by atoms with van der Waals surface area (Å²) < 4.78 is 5.37. The summed E-state index contributed by atoms with van der Waals surface area (Å²) in [4.78, 5) is 22.8. The molecule has 1 unspecified atom stereocenters. The SMILES string of the molecule is O=C(Nc1cncnc1N1CCCC1)C1CCCOC1. The number of hydrogen-bond acceptors (Lipinski definition) is 5. The van der Waals surface area contributed by atoms with Crippen molar-refractivity contribution in [1.29, 1.82) is 0 Å². The molecule has 3 rings (SSSR count). The summed E-state index contributed by atoms with van der Waals surface area (Å²) in [6.45, 7) is 3.26. The molecule has 0 saturated carbocycles. The summed E-state index contributed by atoms with van der Waals surface area (Å²) in [5, 5.41) is 2.97. The minimum Gasteiger partial charge on any atom is -0.381 e. The predicted octanol–water partition coefficient (Wildman–Crippen LogP) is 1.44. The van der Waals surface area contributed by atoms with E-state index in [9.17, 15) is 4.79 Å². The van der Waals surface area contributed by atoms with Crippen LogP contribution in [0.4, 0.5) is 11.5 Å². The fourth-order valence-corrected chi connectivity index (χ4v) is 2.77. The van der Waals surface area contributed by atoms with Gasteiger partial charge in [-0.25, -0.2) is 9.97 Å². The lowest BCUT2D eigenvalue weighted by Crippen LogP contribution is -2.31. The minimum absolute atomic E-state index is 0.0138. The molecular formula is C14H20N4O2. The summed E-state index contributed by atoms with van der Waals surface area (Å²) in [6.07, 6.45) is 7.40. The molecule has 1 aromatic rings. The highest BCUT2D eigenvalue weighted by atomic mass is 16.5. The number of carbonyl (C=O) groups is 1. The Hall–Kier alpha value is -1.69. The van der Waals surface area contributed by atoms with Gasteiger partial charge in [-0.3, -0.25) is 4.79 Å². The Labute approximate surface area is 118 Å². The van der Waals surface area contributed by atoms with Gasteiger partial charge in [-0.05, 0) is 25.7 Å². The lowest BCUT2D eigenvalue weighted by molar-refractivity contribution is -0.123. The van der Waals surface area contributed by atoms with Gasteiger partial charge in [0.1, 0.15) is 12.0 Å². The molecule has 0 spiro atoms.